The minimum absolute atomic E-state index is 0.440. The Morgan fingerprint density at radius 3 is 1.82 bits per heavy atom. The SMILES string of the molecule is c1ccc(C2=NC(c3ccc4c(ccc5cc(-c6ccccc6)ccc54)c3)N=C(c3cccc4oc5c(-c6ccccc6)cccc5c34)N2)cc1. The van der Waals surface area contributed by atoms with Crippen molar-refractivity contribution in [2.24, 2.45) is 9.98 Å². The molecular formula is C47H31N3O. The summed E-state index contributed by atoms with van der Waals surface area (Å²) in [5.41, 5.74) is 9.34. The smallest absolute Gasteiger partial charge is 0.169 e. The summed E-state index contributed by atoms with van der Waals surface area (Å²) >= 11 is 0. The van der Waals surface area contributed by atoms with Crippen LogP contribution >= 0.6 is 0 Å². The van der Waals surface area contributed by atoms with Crippen LogP contribution in [0.25, 0.3) is 65.7 Å². The number of hydrogen-bond acceptors (Lipinski definition) is 4. The van der Waals surface area contributed by atoms with Crippen LogP contribution in [0.4, 0.5) is 0 Å². The molecule has 0 spiro atoms. The van der Waals surface area contributed by atoms with E-state index in [1.54, 1.807) is 0 Å². The fraction of sp³-hybridized carbons (Fsp3) is 0.0213. The summed E-state index contributed by atoms with van der Waals surface area (Å²) in [7, 11) is 0. The highest BCUT2D eigenvalue weighted by atomic mass is 16.3. The lowest BCUT2D eigenvalue weighted by Crippen LogP contribution is -2.36. The van der Waals surface area contributed by atoms with Crippen molar-refractivity contribution in [3.63, 3.8) is 0 Å². The lowest BCUT2D eigenvalue weighted by molar-refractivity contribution is 0.670. The fourth-order valence-corrected chi connectivity index (χ4v) is 7.43. The van der Waals surface area contributed by atoms with Gasteiger partial charge in [0.05, 0.1) is 0 Å². The molecule has 0 bridgehead atoms. The van der Waals surface area contributed by atoms with E-state index in [-0.39, 0.29) is 0 Å². The number of rotatable bonds is 5. The van der Waals surface area contributed by atoms with Crippen molar-refractivity contribution in [3.8, 4) is 22.3 Å². The summed E-state index contributed by atoms with van der Waals surface area (Å²) in [4.78, 5) is 10.5. The van der Waals surface area contributed by atoms with Gasteiger partial charge < -0.3 is 9.73 Å². The van der Waals surface area contributed by atoms with Crippen molar-refractivity contribution >= 4 is 55.2 Å². The van der Waals surface area contributed by atoms with E-state index in [2.05, 4.69) is 145 Å². The standard InChI is InChI=1S/C47H31N3O/c1-4-12-30(13-5-1)33-24-26-37-34(28-33)22-23-35-29-36(25-27-38(35)37)46-48-45(32-16-8-3-9-17-32)49-47(50-46)41-20-11-21-42-43(41)40-19-10-18-39(44(40)51-42)31-14-6-2-7-15-31/h1-29,46H,(H,48,49,50). The van der Waals surface area contributed by atoms with Gasteiger partial charge in [-0.25, -0.2) is 9.98 Å². The zero-order chi connectivity index (χ0) is 33.7. The number of para-hydroxylation sites is 1. The van der Waals surface area contributed by atoms with Gasteiger partial charge in [-0.15, -0.1) is 0 Å². The molecule has 0 aliphatic carbocycles. The second-order valence-electron chi connectivity index (χ2n) is 13.0. The predicted octanol–water partition coefficient (Wildman–Crippen LogP) is 11.7. The second-order valence-corrected chi connectivity index (χ2v) is 13.0. The van der Waals surface area contributed by atoms with Crippen LogP contribution < -0.4 is 5.32 Å². The van der Waals surface area contributed by atoms with Crippen LogP contribution in [0.1, 0.15) is 22.9 Å². The van der Waals surface area contributed by atoms with Gasteiger partial charge in [0, 0.05) is 27.5 Å². The van der Waals surface area contributed by atoms with E-state index in [1.165, 1.54) is 27.3 Å². The van der Waals surface area contributed by atoms with Crippen molar-refractivity contribution < 1.29 is 4.42 Å². The number of hydrogen-bond donors (Lipinski definition) is 1. The number of nitrogens with one attached hydrogen (secondary N) is 1. The molecule has 8 aromatic carbocycles. The zero-order valence-corrected chi connectivity index (χ0v) is 27.6. The maximum Gasteiger partial charge on any atom is 0.169 e. The quantitative estimate of drug-likeness (QED) is 0.188. The third kappa shape index (κ3) is 5.08. The minimum Gasteiger partial charge on any atom is -0.455 e. The van der Waals surface area contributed by atoms with E-state index in [4.69, 9.17) is 14.4 Å². The Balaban J connectivity index is 1.10. The molecule has 4 nitrogen and oxygen atoms in total. The molecule has 1 aliphatic rings. The van der Waals surface area contributed by atoms with Gasteiger partial charge in [0.25, 0.3) is 0 Å². The first-order valence-corrected chi connectivity index (χ1v) is 17.3. The molecule has 1 atom stereocenters. The van der Waals surface area contributed by atoms with Crippen LogP contribution in [0.3, 0.4) is 0 Å². The molecule has 0 radical (unpaired) electrons. The molecule has 0 fully saturated rings. The van der Waals surface area contributed by atoms with Gasteiger partial charge in [-0.3, -0.25) is 0 Å². The van der Waals surface area contributed by atoms with Crippen molar-refractivity contribution in [2.75, 3.05) is 0 Å². The van der Waals surface area contributed by atoms with Crippen LogP contribution in [0.15, 0.2) is 190 Å². The number of aliphatic imine (C=N–C) groups is 2. The number of furan rings is 1. The Hall–Kier alpha value is -6.78. The Bertz CT molecular complexity index is 2820. The van der Waals surface area contributed by atoms with Crippen LogP contribution in [0.5, 0.6) is 0 Å². The number of amidine groups is 2. The molecule has 10 rings (SSSR count). The predicted molar refractivity (Wildman–Crippen MR) is 211 cm³/mol. The van der Waals surface area contributed by atoms with Crippen LogP contribution in [0, 0.1) is 0 Å². The van der Waals surface area contributed by atoms with Gasteiger partial charge >= 0.3 is 0 Å². The molecule has 0 saturated heterocycles. The average molecular weight is 654 g/mol. The summed E-state index contributed by atoms with van der Waals surface area (Å²) in [6.45, 7) is 0. The normalized spacial score (nSPS) is 14.5. The molecule has 1 unspecified atom stereocenters. The Kier molecular flexibility index (Phi) is 6.85. The highest BCUT2D eigenvalue weighted by Crippen LogP contribution is 2.39. The van der Waals surface area contributed by atoms with Gasteiger partial charge in [-0.1, -0.05) is 158 Å². The van der Waals surface area contributed by atoms with Gasteiger partial charge in [0.2, 0.25) is 0 Å². The summed E-state index contributed by atoms with van der Waals surface area (Å²) in [6.07, 6.45) is -0.440. The van der Waals surface area contributed by atoms with E-state index >= 15 is 0 Å². The van der Waals surface area contributed by atoms with E-state index in [0.717, 1.165) is 66.8 Å². The van der Waals surface area contributed by atoms with Gasteiger partial charge in [-0.05, 0) is 62.0 Å². The van der Waals surface area contributed by atoms with Crippen LogP contribution in [-0.4, -0.2) is 11.7 Å². The molecule has 2 heterocycles. The van der Waals surface area contributed by atoms with Crippen LogP contribution in [0.2, 0.25) is 0 Å². The Labute approximate surface area is 295 Å². The van der Waals surface area contributed by atoms with Gasteiger partial charge in [0.15, 0.2) is 6.17 Å². The number of nitrogens with zero attached hydrogens (tertiary/aromatic N) is 2. The van der Waals surface area contributed by atoms with Crippen LogP contribution in [-0.2, 0) is 0 Å². The fourth-order valence-electron chi connectivity index (χ4n) is 7.43. The van der Waals surface area contributed by atoms with Crippen molar-refractivity contribution in [2.45, 2.75) is 6.17 Å². The third-order valence-electron chi connectivity index (χ3n) is 9.91. The molecule has 1 aromatic heterocycles. The summed E-state index contributed by atoms with van der Waals surface area (Å²) in [5.74, 6) is 1.55. The first-order chi connectivity index (χ1) is 25.3. The molecule has 0 amide bonds. The summed E-state index contributed by atoms with van der Waals surface area (Å²) in [5, 5.41) is 10.5. The Morgan fingerprint density at radius 2 is 1.06 bits per heavy atom. The van der Waals surface area contributed by atoms with E-state index in [0.29, 0.717) is 0 Å². The second kappa shape index (κ2) is 12.0. The number of benzene rings is 8. The molecule has 9 aromatic rings. The largest absolute Gasteiger partial charge is 0.455 e. The minimum atomic E-state index is -0.440. The highest BCUT2D eigenvalue weighted by molar-refractivity contribution is 6.24. The molecule has 4 heteroatoms. The van der Waals surface area contributed by atoms with E-state index < -0.39 is 6.17 Å². The van der Waals surface area contributed by atoms with Gasteiger partial charge in [-0.2, -0.15) is 0 Å². The Morgan fingerprint density at radius 1 is 0.431 bits per heavy atom. The monoisotopic (exact) mass is 653 g/mol. The number of fused-ring (bicyclic) bond motifs is 6. The summed E-state index contributed by atoms with van der Waals surface area (Å²) in [6, 6.07) is 61.6. The molecule has 51 heavy (non-hydrogen) atoms. The lowest BCUT2D eigenvalue weighted by Gasteiger charge is -2.23. The average Bonchev–Trinajstić information content (AvgIpc) is 3.60. The third-order valence-corrected chi connectivity index (χ3v) is 9.91. The first-order valence-electron chi connectivity index (χ1n) is 17.3. The molecule has 1 aliphatic heterocycles. The first kappa shape index (κ1) is 29.2. The highest BCUT2D eigenvalue weighted by Gasteiger charge is 2.24. The maximum atomic E-state index is 6.60. The molecule has 240 valence electrons. The molecule has 1 N–H and O–H groups in total. The van der Waals surface area contributed by atoms with E-state index in [1.807, 2.05) is 36.4 Å². The summed E-state index contributed by atoms with van der Waals surface area (Å²) < 4.78 is 6.60. The van der Waals surface area contributed by atoms with E-state index in [9.17, 15) is 0 Å². The van der Waals surface area contributed by atoms with Crippen molar-refractivity contribution in [1.82, 2.24) is 5.32 Å². The maximum absolute atomic E-state index is 6.60. The molecule has 0 saturated carbocycles. The molecular weight excluding hydrogens is 623 g/mol. The van der Waals surface area contributed by atoms with Crippen molar-refractivity contribution in [3.05, 3.63) is 193 Å². The van der Waals surface area contributed by atoms with Crippen molar-refractivity contribution in [1.29, 1.82) is 0 Å². The zero-order valence-electron chi connectivity index (χ0n) is 27.6. The lowest BCUT2D eigenvalue weighted by atomic mass is 9.96. The van der Waals surface area contributed by atoms with Gasteiger partial charge in [0.1, 0.15) is 22.8 Å². The topological polar surface area (TPSA) is 49.9 Å².